The van der Waals surface area contributed by atoms with Gasteiger partial charge >= 0.3 is 6.03 Å². The minimum Gasteiger partial charge on any atom is -0.351 e. The number of hydrogen-bond donors (Lipinski definition) is 3. The number of hydrogen-bond acceptors (Lipinski definition) is 3. The zero-order valence-electron chi connectivity index (χ0n) is 14.2. The van der Waals surface area contributed by atoms with Gasteiger partial charge in [-0.25, -0.2) is 4.79 Å². The molecule has 2 heterocycles. The fourth-order valence-corrected chi connectivity index (χ4v) is 3.42. The van der Waals surface area contributed by atoms with E-state index in [0.29, 0.717) is 19.0 Å². The Bertz CT molecular complexity index is 604. The number of carbonyl (C=O) groups excluding carboxylic acids is 2. The second-order valence-electron chi connectivity index (χ2n) is 6.74. The second-order valence-corrected chi connectivity index (χ2v) is 6.74. The molecule has 2 atom stereocenters. The number of amides is 3. The zero-order valence-corrected chi connectivity index (χ0v) is 14.2. The predicted octanol–water partition coefficient (Wildman–Crippen LogP) is 0.869. The number of nitrogens with one attached hydrogen (secondary N) is 3. The molecule has 3 N–H and O–H groups in total. The number of urea groups is 1. The summed E-state index contributed by atoms with van der Waals surface area (Å²) in [5.41, 5.74) is 2.49. The summed E-state index contributed by atoms with van der Waals surface area (Å²) in [4.78, 5) is 26.1. The van der Waals surface area contributed by atoms with Crippen molar-refractivity contribution in [2.75, 3.05) is 26.2 Å². The highest BCUT2D eigenvalue weighted by atomic mass is 16.2. The van der Waals surface area contributed by atoms with Crippen molar-refractivity contribution in [2.45, 2.75) is 32.4 Å². The molecule has 1 aromatic carbocycles. The van der Waals surface area contributed by atoms with Crippen LogP contribution in [0.15, 0.2) is 24.3 Å². The minimum absolute atomic E-state index is 0.0353. The first-order valence-electron chi connectivity index (χ1n) is 8.73. The number of benzene rings is 1. The molecule has 1 fully saturated rings. The number of piperidine rings is 1. The molecule has 1 aromatic rings. The molecule has 2 unspecified atom stereocenters. The van der Waals surface area contributed by atoms with Crippen LogP contribution >= 0.6 is 0 Å². The summed E-state index contributed by atoms with van der Waals surface area (Å²) in [5.74, 6) is 0.302. The summed E-state index contributed by atoms with van der Waals surface area (Å²) in [6, 6.07) is 8.21. The molecule has 3 amide bonds. The summed E-state index contributed by atoms with van der Waals surface area (Å²) >= 11 is 0. The van der Waals surface area contributed by atoms with E-state index in [2.05, 4.69) is 35.0 Å². The average Bonchev–Trinajstić information content (AvgIpc) is 2.61. The van der Waals surface area contributed by atoms with Gasteiger partial charge in [-0.1, -0.05) is 31.2 Å². The summed E-state index contributed by atoms with van der Waals surface area (Å²) in [5, 5.41) is 9.09. The lowest BCUT2D eigenvalue weighted by Gasteiger charge is -2.31. The number of nitrogens with zero attached hydrogens (tertiary/aromatic N) is 1. The van der Waals surface area contributed by atoms with Crippen LogP contribution in [0.4, 0.5) is 4.79 Å². The van der Waals surface area contributed by atoms with E-state index in [1.807, 2.05) is 12.1 Å². The van der Waals surface area contributed by atoms with Gasteiger partial charge in [0, 0.05) is 19.1 Å². The molecule has 2 aliphatic heterocycles. The highest BCUT2D eigenvalue weighted by Crippen LogP contribution is 2.18. The molecule has 0 bridgehead atoms. The topological polar surface area (TPSA) is 73.5 Å². The molecule has 0 aliphatic carbocycles. The number of carbonyl (C=O) groups is 2. The van der Waals surface area contributed by atoms with Crippen molar-refractivity contribution in [3.8, 4) is 0 Å². The standard InChI is InChI=1S/C18H26N4O2/c1-13-10-19-8-6-16(13)21-17(23)11-20-18(24)22-9-7-14-4-2-3-5-15(14)12-22/h2-5,13,16,19H,6-12H2,1H3,(H,20,24)(H,21,23). The molecule has 6 heteroatoms. The Hall–Kier alpha value is -2.08. The molecule has 3 rings (SSSR count). The van der Waals surface area contributed by atoms with Gasteiger partial charge in [-0.2, -0.15) is 0 Å². The number of rotatable bonds is 3. The Morgan fingerprint density at radius 1 is 1.29 bits per heavy atom. The quantitative estimate of drug-likeness (QED) is 0.770. The van der Waals surface area contributed by atoms with E-state index in [9.17, 15) is 9.59 Å². The highest BCUT2D eigenvalue weighted by Gasteiger charge is 2.24. The van der Waals surface area contributed by atoms with E-state index < -0.39 is 0 Å². The van der Waals surface area contributed by atoms with Gasteiger partial charge in [0.2, 0.25) is 5.91 Å². The highest BCUT2D eigenvalue weighted by molar-refractivity contribution is 5.84. The minimum atomic E-state index is -0.169. The lowest BCUT2D eigenvalue weighted by Crippen LogP contribution is -2.52. The van der Waals surface area contributed by atoms with Gasteiger partial charge in [0.15, 0.2) is 0 Å². The third-order valence-electron chi connectivity index (χ3n) is 4.95. The molecule has 1 saturated heterocycles. The lowest BCUT2D eigenvalue weighted by atomic mass is 9.95. The first-order chi connectivity index (χ1) is 11.6. The fraction of sp³-hybridized carbons (Fsp3) is 0.556. The molecular weight excluding hydrogens is 304 g/mol. The van der Waals surface area contributed by atoms with Gasteiger partial charge in [0.25, 0.3) is 0 Å². The fourth-order valence-electron chi connectivity index (χ4n) is 3.42. The van der Waals surface area contributed by atoms with Gasteiger partial charge in [-0.3, -0.25) is 4.79 Å². The van der Waals surface area contributed by atoms with Crippen LogP contribution < -0.4 is 16.0 Å². The smallest absolute Gasteiger partial charge is 0.318 e. The Morgan fingerprint density at radius 2 is 2.08 bits per heavy atom. The van der Waals surface area contributed by atoms with Crippen LogP contribution in [0.25, 0.3) is 0 Å². The molecule has 24 heavy (non-hydrogen) atoms. The number of fused-ring (bicyclic) bond motifs is 1. The third-order valence-corrected chi connectivity index (χ3v) is 4.95. The van der Waals surface area contributed by atoms with Crippen LogP contribution in [0, 0.1) is 5.92 Å². The van der Waals surface area contributed by atoms with E-state index >= 15 is 0 Å². The van der Waals surface area contributed by atoms with Crippen LogP contribution in [0.5, 0.6) is 0 Å². The normalized spacial score (nSPS) is 23.3. The van der Waals surface area contributed by atoms with E-state index in [1.165, 1.54) is 11.1 Å². The van der Waals surface area contributed by atoms with E-state index in [4.69, 9.17) is 0 Å². The van der Waals surface area contributed by atoms with Gasteiger partial charge in [-0.15, -0.1) is 0 Å². The average molecular weight is 330 g/mol. The van der Waals surface area contributed by atoms with Crippen LogP contribution in [0.1, 0.15) is 24.5 Å². The Morgan fingerprint density at radius 3 is 2.88 bits per heavy atom. The Labute approximate surface area is 143 Å². The van der Waals surface area contributed by atoms with E-state index in [-0.39, 0.29) is 24.5 Å². The van der Waals surface area contributed by atoms with Gasteiger partial charge in [0.05, 0.1) is 6.54 Å². The molecule has 0 aromatic heterocycles. The van der Waals surface area contributed by atoms with Gasteiger partial charge in [0.1, 0.15) is 0 Å². The Kier molecular flexibility index (Phi) is 5.35. The molecule has 6 nitrogen and oxygen atoms in total. The Balaban J connectivity index is 1.45. The first kappa shape index (κ1) is 16.8. The van der Waals surface area contributed by atoms with E-state index in [0.717, 1.165) is 25.9 Å². The molecule has 0 saturated carbocycles. The summed E-state index contributed by atoms with van der Waals surface area (Å²) < 4.78 is 0. The van der Waals surface area contributed by atoms with Gasteiger partial charge in [-0.05, 0) is 43.0 Å². The molecular formula is C18H26N4O2. The third kappa shape index (κ3) is 4.06. The van der Waals surface area contributed by atoms with Crippen LogP contribution in [0.3, 0.4) is 0 Å². The van der Waals surface area contributed by atoms with Crippen molar-refractivity contribution in [1.82, 2.24) is 20.9 Å². The van der Waals surface area contributed by atoms with Crippen molar-refractivity contribution in [3.05, 3.63) is 35.4 Å². The summed E-state index contributed by atoms with van der Waals surface area (Å²) in [6.45, 7) is 5.30. The summed E-state index contributed by atoms with van der Waals surface area (Å²) in [7, 11) is 0. The maximum absolute atomic E-state index is 12.3. The second kappa shape index (κ2) is 7.66. The van der Waals surface area contributed by atoms with Crippen molar-refractivity contribution >= 4 is 11.9 Å². The van der Waals surface area contributed by atoms with Crippen molar-refractivity contribution < 1.29 is 9.59 Å². The van der Waals surface area contributed by atoms with Crippen LogP contribution in [0.2, 0.25) is 0 Å². The van der Waals surface area contributed by atoms with Crippen LogP contribution in [-0.2, 0) is 17.8 Å². The van der Waals surface area contributed by atoms with Crippen molar-refractivity contribution in [2.24, 2.45) is 5.92 Å². The van der Waals surface area contributed by atoms with E-state index in [1.54, 1.807) is 4.90 Å². The zero-order chi connectivity index (χ0) is 16.9. The predicted molar refractivity (Wildman–Crippen MR) is 92.5 cm³/mol. The van der Waals surface area contributed by atoms with Gasteiger partial charge < -0.3 is 20.9 Å². The SMILES string of the molecule is CC1CNCCC1NC(=O)CNC(=O)N1CCc2ccccc2C1. The first-order valence-corrected chi connectivity index (χ1v) is 8.73. The van der Waals surface area contributed by atoms with Crippen molar-refractivity contribution in [3.63, 3.8) is 0 Å². The molecule has 0 radical (unpaired) electrons. The lowest BCUT2D eigenvalue weighted by molar-refractivity contribution is -0.121. The monoisotopic (exact) mass is 330 g/mol. The largest absolute Gasteiger partial charge is 0.351 e. The molecule has 0 spiro atoms. The van der Waals surface area contributed by atoms with Crippen molar-refractivity contribution in [1.29, 1.82) is 0 Å². The summed E-state index contributed by atoms with van der Waals surface area (Å²) in [6.07, 6.45) is 1.80. The molecule has 2 aliphatic rings. The maximum atomic E-state index is 12.3. The maximum Gasteiger partial charge on any atom is 0.318 e. The molecule has 130 valence electrons. The van der Waals surface area contributed by atoms with Crippen LogP contribution in [-0.4, -0.2) is 49.1 Å².